The van der Waals surface area contributed by atoms with Crippen molar-refractivity contribution in [2.75, 3.05) is 0 Å². The second-order valence-electron chi connectivity index (χ2n) is 5.65. The molecule has 0 unspecified atom stereocenters. The topological polar surface area (TPSA) is 46.6 Å². The van der Waals surface area contributed by atoms with Crippen LogP contribution in [0.1, 0.15) is 18.4 Å². The van der Waals surface area contributed by atoms with Gasteiger partial charge in [-0.15, -0.1) is 0 Å². The Kier molecular flexibility index (Phi) is 3.32. The van der Waals surface area contributed by atoms with Crippen molar-refractivity contribution in [2.24, 2.45) is 0 Å². The third-order valence-corrected chi connectivity index (χ3v) is 4.23. The first-order chi connectivity index (χ1) is 11.2. The molecule has 3 aromatic carbocycles. The van der Waals surface area contributed by atoms with Crippen LogP contribution in [0.5, 0.6) is 0 Å². The summed E-state index contributed by atoms with van der Waals surface area (Å²) in [6.07, 6.45) is 0.463. The highest BCUT2D eigenvalue weighted by atomic mass is 16.7. The highest BCUT2D eigenvalue weighted by Gasteiger charge is 2.30. The van der Waals surface area contributed by atoms with E-state index in [0.717, 1.165) is 32.2 Å². The fraction of sp³-hybridized carbons (Fsp3) is 0.158. The fourth-order valence-corrected chi connectivity index (χ4v) is 3.09. The van der Waals surface area contributed by atoms with Gasteiger partial charge in [-0.3, -0.25) is 14.4 Å². The number of nitrogens with zero attached hydrogens (tertiary/aromatic N) is 1. The summed E-state index contributed by atoms with van der Waals surface area (Å²) in [7, 11) is 0. The molecule has 0 atom stereocenters. The smallest absolute Gasteiger partial charge is 0.254 e. The summed E-state index contributed by atoms with van der Waals surface area (Å²) in [5, 5.41) is 5.29. The number of hydrogen-bond donors (Lipinski definition) is 0. The molecule has 4 heteroatoms. The summed E-state index contributed by atoms with van der Waals surface area (Å²) in [6, 6.07) is 18.3. The molecule has 0 bridgehead atoms. The molecule has 114 valence electrons. The lowest BCUT2D eigenvalue weighted by molar-refractivity contribution is -0.190. The van der Waals surface area contributed by atoms with Crippen LogP contribution in [-0.4, -0.2) is 16.9 Å². The van der Waals surface area contributed by atoms with Gasteiger partial charge in [-0.05, 0) is 33.2 Å². The zero-order valence-electron chi connectivity index (χ0n) is 12.5. The number of imide groups is 1. The second-order valence-corrected chi connectivity index (χ2v) is 5.65. The molecule has 0 aliphatic carbocycles. The van der Waals surface area contributed by atoms with Crippen LogP contribution in [0, 0.1) is 0 Å². The minimum atomic E-state index is -0.264. The minimum absolute atomic E-state index is 0.194. The number of fused-ring (bicyclic) bond motifs is 2. The molecular formula is C19H15NO3. The number of rotatable bonds is 3. The summed E-state index contributed by atoms with van der Waals surface area (Å²) in [5.74, 6) is -0.529. The van der Waals surface area contributed by atoms with Gasteiger partial charge < -0.3 is 0 Å². The molecule has 1 fully saturated rings. The summed E-state index contributed by atoms with van der Waals surface area (Å²) in [5.41, 5.74) is 0.992. The molecule has 4 nitrogen and oxygen atoms in total. The maximum absolute atomic E-state index is 11.7. The predicted octanol–water partition coefficient (Wildman–Crippen LogP) is 3.57. The minimum Gasteiger partial charge on any atom is -0.272 e. The van der Waals surface area contributed by atoms with Gasteiger partial charge in [-0.2, -0.15) is 5.06 Å². The molecule has 1 aliphatic heterocycles. The molecule has 1 saturated heterocycles. The molecule has 1 aliphatic rings. The number of hydroxylamine groups is 2. The highest BCUT2D eigenvalue weighted by molar-refractivity contribution is 6.02. The van der Waals surface area contributed by atoms with Crippen molar-refractivity contribution in [3.05, 3.63) is 60.2 Å². The van der Waals surface area contributed by atoms with E-state index in [1.54, 1.807) is 0 Å². The zero-order chi connectivity index (χ0) is 15.8. The number of hydrogen-bond acceptors (Lipinski definition) is 3. The van der Waals surface area contributed by atoms with Gasteiger partial charge in [0.1, 0.15) is 6.61 Å². The SMILES string of the molecule is O=C1CCC(=O)N1OCc1c2ccccc2cc2ccccc12. The zero-order valence-corrected chi connectivity index (χ0v) is 12.5. The molecule has 3 aromatic rings. The van der Waals surface area contributed by atoms with Crippen LogP contribution in [0.4, 0.5) is 0 Å². The van der Waals surface area contributed by atoms with Gasteiger partial charge in [0.15, 0.2) is 0 Å². The van der Waals surface area contributed by atoms with E-state index >= 15 is 0 Å². The monoisotopic (exact) mass is 305 g/mol. The van der Waals surface area contributed by atoms with Crippen LogP contribution in [0.2, 0.25) is 0 Å². The van der Waals surface area contributed by atoms with Gasteiger partial charge in [-0.25, -0.2) is 0 Å². The normalized spacial score (nSPS) is 15.0. The van der Waals surface area contributed by atoms with Crippen molar-refractivity contribution in [1.82, 2.24) is 5.06 Å². The maximum atomic E-state index is 11.7. The van der Waals surface area contributed by atoms with E-state index in [-0.39, 0.29) is 31.3 Å². The van der Waals surface area contributed by atoms with Crippen molar-refractivity contribution in [1.29, 1.82) is 0 Å². The van der Waals surface area contributed by atoms with E-state index in [9.17, 15) is 9.59 Å². The van der Waals surface area contributed by atoms with Gasteiger partial charge in [0.2, 0.25) is 0 Å². The van der Waals surface area contributed by atoms with Crippen LogP contribution in [0.15, 0.2) is 54.6 Å². The second kappa shape index (κ2) is 5.48. The largest absolute Gasteiger partial charge is 0.272 e. The van der Waals surface area contributed by atoms with Crippen LogP contribution in [-0.2, 0) is 21.0 Å². The van der Waals surface area contributed by atoms with Gasteiger partial charge in [0.25, 0.3) is 11.8 Å². The summed E-state index contributed by atoms with van der Waals surface area (Å²) < 4.78 is 0. The Morgan fingerprint density at radius 1 is 0.826 bits per heavy atom. The third kappa shape index (κ3) is 2.37. The summed E-state index contributed by atoms with van der Waals surface area (Å²) in [6.45, 7) is 0.194. The molecular weight excluding hydrogens is 290 g/mol. The van der Waals surface area contributed by atoms with E-state index in [4.69, 9.17) is 4.84 Å². The van der Waals surface area contributed by atoms with E-state index in [1.165, 1.54) is 0 Å². The number of carbonyl (C=O) groups excluding carboxylic acids is 2. The lowest BCUT2D eigenvalue weighted by Gasteiger charge is -2.16. The van der Waals surface area contributed by atoms with Crippen LogP contribution in [0.25, 0.3) is 21.5 Å². The Labute approximate surface area is 133 Å². The first kappa shape index (κ1) is 13.9. The molecule has 23 heavy (non-hydrogen) atoms. The maximum Gasteiger partial charge on any atom is 0.254 e. The average Bonchev–Trinajstić information content (AvgIpc) is 2.90. The van der Waals surface area contributed by atoms with Crippen LogP contribution >= 0.6 is 0 Å². The van der Waals surface area contributed by atoms with Crippen molar-refractivity contribution in [2.45, 2.75) is 19.4 Å². The molecule has 0 aromatic heterocycles. The Balaban J connectivity index is 1.80. The van der Waals surface area contributed by atoms with Crippen molar-refractivity contribution >= 4 is 33.4 Å². The Morgan fingerprint density at radius 2 is 1.35 bits per heavy atom. The quantitative estimate of drug-likeness (QED) is 0.549. The van der Waals surface area contributed by atoms with Gasteiger partial charge in [-0.1, -0.05) is 48.5 Å². The fourth-order valence-electron chi connectivity index (χ4n) is 3.09. The van der Waals surface area contributed by atoms with Crippen molar-refractivity contribution in [3.63, 3.8) is 0 Å². The first-order valence-corrected chi connectivity index (χ1v) is 7.62. The van der Waals surface area contributed by atoms with Gasteiger partial charge in [0, 0.05) is 12.8 Å². The molecule has 1 heterocycles. The number of benzene rings is 3. The molecule has 2 amide bonds. The molecule has 0 spiro atoms. The highest BCUT2D eigenvalue weighted by Crippen LogP contribution is 2.29. The average molecular weight is 305 g/mol. The standard InChI is InChI=1S/C19H15NO3/c21-18-9-10-19(22)20(18)23-12-17-15-7-3-1-5-13(15)11-14-6-2-4-8-16(14)17/h1-8,11H,9-10,12H2. The number of carbonyl (C=O) groups is 2. The van der Waals surface area contributed by atoms with Crippen molar-refractivity contribution < 1.29 is 14.4 Å². The van der Waals surface area contributed by atoms with E-state index in [2.05, 4.69) is 18.2 Å². The number of amides is 2. The molecule has 0 N–H and O–H groups in total. The lowest BCUT2D eigenvalue weighted by Crippen LogP contribution is -2.29. The molecule has 0 radical (unpaired) electrons. The molecule has 4 rings (SSSR count). The lowest BCUT2D eigenvalue weighted by atomic mass is 9.97. The summed E-state index contributed by atoms with van der Waals surface area (Å²) >= 11 is 0. The van der Waals surface area contributed by atoms with E-state index in [0.29, 0.717) is 0 Å². The van der Waals surface area contributed by atoms with E-state index in [1.807, 2.05) is 36.4 Å². The molecule has 0 saturated carbocycles. The van der Waals surface area contributed by atoms with Crippen LogP contribution in [0.3, 0.4) is 0 Å². The van der Waals surface area contributed by atoms with E-state index < -0.39 is 0 Å². The Hall–Kier alpha value is -2.72. The van der Waals surface area contributed by atoms with Gasteiger partial charge >= 0.3 is 0 Å². The van der Waals surface area contributed by atoms with Crippen LogP contribution < -0.4 is 0 Å². The predicted molar refractivity (Wildman–Crippen MR) is 87.3 cm³/mol. The summed E-state index contributed by atoms with van der Waals surface area (Å²) in [4.78, 5) is 29.0. The van der Waals surface area contributed by atoms with Gasteiger partial charge in [0.05, 0.1) is 0 Å². The Morgan fingerprint density at radius 3 is 1.91 bits per heavy atom. The third-order valence-electron chi connectivity index (χ3n) is 4.23. The van der Waals surface area contributed by atoms with Crippen molar-refractivity contribution in [3.8, 4) is 0 Å². The Bertz CT molecular complexity index is 862. The first-order valence-electron chi connectivity index (χ1n) is 7.62.